The molecule has 3 aromatic heterocycles. The summed E-state index contributed by atoms with van der Waals surface area (Å²) in [5, 5.41) is 0.350. The number of nitrogens with one attached hydrogen (secondary N) is 1. The molecule has 0 radical (unpaired) electrons. The van der Waals surface area contributed by atoms with Crippen LogP contribution in [0.2, 0.25) is 5.02 Å². The molecule has 8 nitrogen and oxygen atoms in total. The van der Waals surface area contributed by atoms with Crippen molar-refractivity contribution in [2.75, 3.05) is 4.72 Å². The average Bonchev–Trinajstić information content (AvgIpc) is 2.74. The minimum absolute atomic E-state index is 0.00580. The summed E-state index contributed by atoms with van der Waals surface area (Å²) < 4.78 is 34.4. The van der Waals surface area contributed by atoms with Crippen LogP contribution in [0.5, 0.6) is 5.75 Å². The number of hydrogen-bond donors (Lipinski definition) is 1. The Bertz CT molecular complexity index is 1320. The van der Waals surface area contributed by atoms with E-state index in [0.717, 1.165) is 5.56 Å². The average molecular weight is 442 g/mol. The van der Waals surface area contributed by atoms with Crippen LogP contribution in [-0.2, 0) is 16.6 Å². The molecule has 1 aromatic carbocycles. The van der Waals surface area contributed by atoms with Crippen molar-refractivity contribution in [1.82, 2.24) is 19.9 Å². The van der Waals surface area contributed by atoms with Gasteiger partial charge in [0.1, 0.15) is 12.1 Å². The summed E-state index contributed by atoms with van der Waals surface area (Å²) >= 11 is 6.09. The smallest absolute Gasteiger partial charge is 0.263 e. The molecule has 0 aliphatic carbocycles. The Morgan fingerprint density at radius 2 is 1.93 bits per heavy atom. The molecule has 0 saturated heterocycles. The summed E-state index contributed by atoms with van der Waals surface area (Å²) in [6.07, 6.45) is 6.32. The van der Waals surface area contributed by atoms with Crippen molar-refractivity contribution in [1.29, 1.82) is 0 Å². The summed E-state index contributed by atoms with van der Waals surface area (Å²) in [6.45, 7) is 1.81. The van der Waals surface area contributed by atoms with Crippen LogP contribution in [0.3, 0.4) is 0 Å². The van der Waals surface area contributed by atoms with Crippen molar-refractivity contribution in [3.8, 4) is 5.75 Å². The molecule has 1 N–H and O–H groups in total. The van der Waals surface area contributed by atoms with Crippen LogP contribution in [0.1, 0.15) is 11.1 Å². The van der Waals surface area contributed by atoms with Crippen LogP contribution in [0, 0.1) is 6.92 Å². The molecule has 3 heterocycles. The highest BCUT2D eigenvalue weighted by Gasteiger charge is 2.22. The number of benzene rings is 1. The van der Waals surface area contributed by atoms with Gasteiger partial charge in [-0.15, -0.1) is 0 Å². The monoisotopic (exact) mass is 441 g/mol. The first kappa shape index (κ1) is 20.0. The standard InChI is InChI=1S/C20H16ClN5O3S/c1-13-15(21)5-2-6-18(13)30(27,28)26-20-17(29-12-14-4-3-7-22-11-14)10-16-19(25-20)24-9-8-23-16/h2-11H,12H2,1H3,(H,24,25,26). The summed E-state index contributed by atoms with van der Waals surface area (Å²) in [6, 6.07) is 9.90. The highest BCUT2D eigenvalue weighted by Crippen LogP contribution is 2.30. The number of sulfonamides is 1. The van der Waals surface area contributed by atoms with Crippen molar-refractivity contribution < 1.29 is 13.2 Å². The molecular weight excluding hydrogens is 426 g/mol. The summed E-state index contributed by atoms with van der Waals surface area (Å²) in [4.78, 5) is 16.8. The lowest BCUT2D eigenvalue weighted by Gasteiger charge is -2.15. The van der Waals surface area contributed by atoms with Crippen LogP contribution >= 0.6 is 11.6 Å². The molecule has 0 aliphatic heterocycles. The van der Waals surface area contributed by atoms with Crippen LogP contribution in [0.4, 0.5) is 5.82 Å². The highest BCUT2D eigenvalue weighted by molar-refractivity contribution is 7.92. The summed E-state index contributed by atoms with van der Waals surface area (Å²) in [7, 11) is -3.98. The zero-order chi connectivity index (χ0) is 21.1. The quantitative estimate of drug-likeness (QED) is 0.485. The second-order valence-corrected chi connectivity index (χ2v) is 8.41. The van der Waals surface area contributed by atoms with E-state index < -0.39 is 10.0 Å². The maximum absolute atomic E-state index is 13.0. The number of aromatic nitrogens is 4. The van der Waals surface area contributed by atoms with Gasteiger partial charge in [0.05, 0.1) is 4.90 Å². The van der Waals surface area contributed by atoms with Gasteiger partial charge in [0.25, 0.3) is 10.0 Å². The molecule has 10 heteroatoms. The first-order chi connectivity index (χ1) is 14.4. The Kier molecular flexibility index (Phi) is 5.47. The third-order valence-corrected chi connectivity index (χ3v) is 6.17. The lowest BCUT2D eigenvalue weighted by atomic mass is 10.2. The minimum Gasteiger partial charge on any atom is -0.485 e. The summed E-state index contributed by atoms with van der Waals surface area (Å²) in [5.41, 5.74) is 2.01. The fourth-order valence-electron chi connectivity index (χ4n) is 2.77. The van der Waals surface area contributed by atoms with E-state index >= 15 is 0 Å². The number of pyridine rings is 2. The number of halogens is 1. The SMILES string of the molecule is Cc1c(Cl)cccc1S(=O)(=O)Nc1nc2nccnc2cc1OCc1cccnc1. The Labute approximate surface area is 178 Å². The Balaban J connectivity index is 1.73. The number of anilines is 1. The van der Waals surface area contributed by atoms with E-state index in [9.17, 15) is 8.42 Å². The van der Waals surface area contributed by atoms with Gasteiger partial charge in [-0.25, -0.2) is 18.4 Å². The van der Waals surface area contributed by atoms with Gasteiger partial charge in [-0.3, -0.25) is 14.7 Å². The van der Waals surface area contributed by atoms with E-state index in [1.807, 2.05) is 6.07 Å². The van der Waals surface area contributed by atoms with Gasteiger partial charge in [-0.05, 0) is 30.7 Å². The number of nitrogens with zero attached hydrogens (tertiary/aromatic N) is 4. The largest absolute Gasteiger partial charge is 0.485 e. The molecule has 30 heavy (non-hydrogen) atoms. The number of fused-ring (bicyclic) bond motifs is 1. The minimum atomic E-state index is -3.98. The van der Waals surface area contributed by atoms with Gasteiger partial charge in [0.15, 0.2) is 17.2 Å². The van der Waals surface area contributed by atoms with E-state index in [1.54, 1.807) is 43.6 Å². The molecule has 0 saturated carbocycles. The maximum Gasteiger partial charge on any atom is 0.263 e. The van der Waals surface area contributed by atoms with Crippen molar-refractivity contribution in [2.24, 2.45) is 0 Å². The second kappa shape index (κ2) is 8.21. The van der Waals surface area contributed by atoms with E-state index in [1.165, 1.54) is 18.5 Å². The zero-order valence-electron chi connectivity index (χ0n) is 15.8. The molecule has 0 atom stereocenters. The van der Waals surface area contributed by atoms with Gasteiger partial charge in [0.2, 0.25) is 0 Å². The number of ether oxygens (including phenoxy) is 1. The van der Waals surface area contributed by atoms with Crippen LogP contribution in [0.25, 0.3) is 11.2 Å². The molecular formula is C20H16ClN5O3S. The molecule has 0 unspecified atom stereocenters. The van der Waals surface area contributed by atoms with Gasteiger partial charge in [-0.1, -0.05) is 23.7 Å². The van der Waals surface area contributed by atoms with Gasteiger partial charge < -0.3 is 4.74 Å². The molecule has 0 aliphatic rings. The van der Waals surface area contributed by atoms with Crippen molar-refractivity contribution >= 4 is 38.6 Å². The first-order valence-corrected chi connectivity index (χ1v) is 10.7. The van der Waals surface area contributed by atoms with E-state index in [-0.39, 0.29) is 28.7 Å². The number of rotatable bonds is 6. The van der Waals surface area contributed by atoms with Crippen molar-refractivity contribution in [3.05, 3.63) is 77.3 Å². The normalized spacial score (nSPS) is 11.4. The Morgan fingerprint density at radius 3 is 2.73 bits per heavy atom. The molecule has 0 fully saturated rings. The van der Waals surface area contributed by atoms with Crippen LogP contribution in [0.15, 0.2) is 66.1 Å². The predicted octanol–water partition coefficient (Wildman–Crippen LogP) is 3.76. The molecule has 4 aromatic rings. The Hall–Kier alpha value is -3.30. The van der Waals surface area contributed by atoms with Gasteiger partial charge in [-0.2, -0.15) is 0 Å². The fourth-order valence-corrected chi connectivity index (χ4v) is 4.28. The van der Waals surface area contributed by atoms with E-state index in [4.69, 9.17) is 16.3 Å². The Morgan fingerprint density at radius 1 is 1.10 bits per heavy atom. The predicted molar refractivity (Wildman–Crippen MR) is 113 cm³/mol. The molecule has 0 spiro atoms. The number of hydrogen-bond acceptors (Lipinski definition) is 7. The fraction of sp³-hybridized carbons (Fsp3) is 0.100. The topological polar surface area (TPSA) is 107 Å². The molecule has 152 valence electrons. The highest BCUT2D eigenvalue weighted by atomic mass is 35.5. The van der Waals surface area contributed by atoms with Crippen LogP contribution < -0.4 is 9.46 Å². The van der Waals surface area contributed by atoms with E-state index in [2.05, 4.69) is 24.7 Å². The second-order valence-electron chi connectivity index (χ2n) is 6.35. The first-order valence-electron chi connectivity index (χ1n) is 8.85. The lowest BCUT2D eigenvalue weighted by Crippen LogP contribution is -2.16. The summed E-state index contributed by atoms with van der Waals surface area (Å²) in [5.74, 6) is 0.223. The van der Waals surface area contributed by atoms with E-state index in [0.29, 0.717) is 16.1 Å². The molecule has 4 rings (SSSR count). The lowest BCUT2D eigenvalue weighted by molar-refractivity contribution is 0.307. The van der Waals surface area contributed by atoms with Crippen molar-refractivity contribution in [3.63, 3.8) is 0 Å². The van der Waals surface area contributed by atoms with Gasteiger partial charge in [0, 0.05) is 41.4 Å². The molecule has 0 bridgehead atoms. The van der Waals surface area contributed by atoms with Crippen LogP contribution in [-0.4, -0.2) is 28.4 Å². The zero-order valence-corrected chi connectivity index (χ0v) is 17.4. The third kappa shape index (κ3) is 4.17. The molecule has 0 amide bonds. The van der Waals surface area contributed by atoms with Crippen molar-refractivity contribution in [2.45, 2.75) is 18.4 Å². The maximum atomic E-state index is 13.0. The third-order valence-electron chi connectivity index (χ3n) is 4.28. The van der Waals surface area contributed by atoms with Gasteiger partial charge >= 0.3 is 0 Å².